The fourth-order valence-electron chi connectivity index (χ4n) is 4.42. The number of rotatable bonds is 9. The van der Waals surface area contributed by atoms with Crippen molar-refractivity contribution in [1.29, 1.82) is 0 Å². The fourth-order valence-corrected chi connectivity index (χ4v) is 5.95. The van der Waals surface area contributed by atoms with Crippen molar-refractivity contribution < 1.29 is 4.74 Å². The van der Waals surface area contributed by atoms with Crippen LogP contribution in [-0.2, 0) is 18.2 Å². The standard InChI is InChI=1S/C32H34NOP/c1-24-13-11-19-28(22-33-4)31(24)35-32(2,3)29-20-12-18-27(21-25-14-7-5-8-15-25)30(29)34-23-26-16-9-6-10-17-26/h5-20,22,35H,21,23H2,1-4H3/b33-22+. The summed E-state index contributed by atoms with van der Waals surface area (Å²) >= 11 is 0. The number of hydrogen-bond acceptors (Lipinski definition) is 2. The van der Waals surface area contributed by atoms with Gasteiger partial charge in [-0.2, -0.15) is 0 Å². The fraction of sp³-hybridized carbons (Fsp3) is 0.219. The molecule has 3 heteroatoms. The van der Waals surface area contributed by atoms with Crippen LogP contribution in [0.4, 0.5) is 0 Å². The zero-order valence-corrected chi connectivity index (χ0v) is 22.1. The van der Waals surface area contributed by atoms with Crippen LogP contribution in [0.5, 0.6) is 5.75 Å². The zero-order chi connectivity index (χ0) is 24.7. The van der Waals surface area contributed by atoms with E-state index >= 15 is 0 Å². The number of benzene rings is 4. The Morgan fingerprint density at radius 3 is 2.14 bits per heavy atom. The number of hydrogen-bond donors (Lipinski definition) is 0. The SMILES string of the molecule is C/N=C/c1cccc(C)c1PC(C)(C)c1cccc(Cc2ccccc2)c1OCc1ccccc1. The molecule has 0 heterocycles. The summed E-state index contributed by atoms with van der Waals surface area (Å²) in [7, 11) is 2.41. The summed E-state index contributed by atoms with van der Waals surface area (Å²) in [6, 6.07) is 34.2. The highest BCUT2D eigenvalue weighted by Crippen LogP contribution is 2.46. The molecule has 0 spiro atoms. The number of aliphatic imine (C=N–C) groups is 1. The van der Waals surface area contributed by atoms with Gasteiger partial charge in [-0.05, 0) is 40.0 Å². The maximum Gasteiger partial charge on any atom is 0.127 e. The van der Waals surface area contributed by atoms with Crippen LogP contribution in [0.2, 0.25) is 0 Å². The van der Waals surface area contributed by atoms with Crippen molar-refractivity contribution in [1.82, 2.24) is 0 Å². The predicted molar refractivity (Wildman–Crippen MR) is 152 cm³/mol. The van der Waals surface area contributed by atoms with Crippen molar-refractivity contribution in [3.8, 4) is 5.75 Å². The van der Waals surface area contributed by atoms with E-state index < -0.39 is 0 Å². The van der Waals surface area contributed by atoms with Crippen LogP contribution in [0, 0.1) is 6.92 Å². The molecule has 0 aromatic heterocycles. The first-order valence-electron chi connectivity index (χ1n) is 12.1. The average molecular weight is 480 g/mol. The first-order chi connectivity index (χ1) is 17.0. The van der Waals surface area contributed by atoms with Gasteiger partial charge in [0.2, 0.25) is 0 Å². The summed E-state index contributed by atoms with van der Waals surface area (Å²) in [5, 5.41) is 1.26. The maximum atomic E-state index is 6.64. The minimum absolute atomic E-state index is 0.110. The van der Waals surface area contributed by atoms with Crippen LogP contribution in [0.25, 0.3) is 0 Å². The molecule has 1 unspecified atom stereocenters. The van der Waals surface area contributed by atoms with E-state index in [9.17, 15) is 0 Å². The summed E-state index contributed by atoms with van der Waals surface area (Å²) in [6.45, 7) is 7.42. The van der Waals surface area contributed by atoms with E-state index in [2.05, 4.69) is 117 Å². The van der Waals surface area contributed by atoms with Gasteiger partial charge in [0, 0.05) is 30.4 Å². The molecule has 0 aliphatic heterocycles. The first kappa shape index (κ1) is 24.9. The van der Waals surface area contributed by atoms with Crippen molar-refractivity contribution >= 4 is 20.1 Å². The van der Waals surface area contributed by atoms with E-state index in [1.807, 2.05) is 19.3 Å². The Kier molecular flexibility index (Phi) is 8.16. The molecule has 4 rings (SSSR count). The van der Waals surface area contributed by atoms with E-state index in [0.717, 1.165) is 12.2 Å². The van der Waals surface area contributed by atoms with Gasteiger partial charge in [0.15, 0.2) is 0 Å². The van der Waals surface area contributed by atoms with Gasteiger partial charge in [0.05, 0.1) is 0 Å². The zero-order valence-electron chi connectivity index (χ0n) is 21.1. The molecule has 0 saturated heterocycles. The molecule has 0 aliphatic carbocycles. The predicted octanol–water partition coefficient (Wildman–Crippen LogP) is 7.45. The molecule has 0 radical (unpaired) electrons. The van der Waals surface area contributed by atoms with Crippen LogP contribution < -0.4 is 10.0 Å². The lowest BCUT2D eigenvalue weighted by molar-refractivity contribution is 0.298. The summed E-state index contributed by atoms with van der Waals surface area (Å²) in [5.41, 5.74) is 7.45. The molecule has 0 saturated carbocycles. The highest BCUT2D eigenvalue weighted by atomic mass is 31.1. The van der Waals surface area contributed by atoms with Crippen LogP contribution in [0.3, 0.4) is 0 Å². The van der Waals surface area contributed by atoms with Gasteiger partial charge in [-0.3, -0.25) is 4.99 Å². The monoisotopic (exact) mass is 479 g/mol. The second-order valence-electron chi connectivity index (χ2n) is 9.41. The summed E-state index contributed by atoms with van der Waals surface area (Å²) in [5.74, 6) is 1.01. The van der Waals surface area contributed by atoms with Gasteiger partial charge < -0.3 is 4.74 Å². The van der Waals surface area contributed by atoms with Gasteiger partial charge >= 0.3 is 0 Å². The molecular formula is C32H34NOP. The molecule has 1 atom stereocenters. The minimum Gasteiger partial charge on any atom is -0.488 e. The van der Waals surface area contributed by atoms with Crippen LogP contribution in [-0.4, -0.2) is 13.3 Å². The smallest absolute Gasteiger partial charge is 0.127 e. The molecule has 2 nitrogen and oxygen atoms in total. The van der Waals surface area contributed by atoms with E-state index in [1.54, 1.807) is 0 Å². The molecular weight excluding hydrogens is 445 g/mol. The third-order valence-corrected chi connectivity index (χ3v) is 8.07. The molecule has 35 heavy (non-hydrogen) atoms. The van der Waals surface area contributed by atoms with Crippen LogP contribution in [0.15, 0.2) is 102 Å². The highest BCUT2D eigenvalue weighted by molar-refractivity contribution is 7.48. The van der Waals surface area contributed by atoms with Crippen molar-refractivity contribution in [2.24, 2.45) is 4.99 Å². The number of ether oxygens (including phenoxy) is 1. The largest absolute Gasteiger partial charge is 0.488 e. The van der Waals surface area contributed by atoms with Crippen molar-refractivity contribution in [3.05, 3.63) is 130 Å². The van der Waals surface area contributed by atoms with Crippen molar-refractivity contribution in [3.63, 3.8) is 0 Å². The van der Waals surface area contributed by atoms with Gasteiger partial charge in [-0.1, -0.05) is 119 Å². The molecule has 4 aromatic carbocycles. The lowest BCUT2D eigenvalue weighted by atomic mass is 9.95. The van der Waals surface area contributed by atoms with E-state index in [1.165, 1.54) is 38.7 Å². The Balaban J connectivity index is 1.74. The van der Waals surface area contributed by atoms with Crippen molar-refractivity contribution in [2.45, 2.75) is 39.0 Å². The van der Waals surface area contributed by atoms with Crippen LogP contribution in [0.1, 0.15) is 47.2 Å². The third kappa shape index (κ3) is 6.27. The van der Waals surface area contributed by atoms with E-state index in [-0.39, 0.29) is 5.16 Å². The molecule has 0 amide bonds. The summed E-state index contributed by atoms with van der Waals surface area (Å²) in [6.07, 6.45) is 2.82. The second-order valence-corrected chi connectivity index (χ2v) is 11.4. The van der Waals surface area contributed by atoms with E-state index in [0.29, 0.717) is 15.2 Å². The Bertz CT molecular complexity index is 1280. The number of aryl methyl sites for hydroxylation is 1. The van der Waals surface area contributed by atoms with Crippen molar-refractivity contribution in [2.75, 3.05) is 7.05 Å². The summed E-state index contributed by atoms with van der Waals surface area (Å²) in [4.78, 5) is 4.31. The Hall–Kier alpha value is -3.22. The minimum atomic E-state index is -0.110. The Morgan fingerprint density at radius 2 is 1.46 bits per heavy atom. The van der Waals surface area contributed by atoms with Gasteiger partial charge in [-0.25, -0.2) is 0 Å². The van der Waals surface area contributed by atoms with Gasteiger partial charge in [0.1, 0.15) is 12.4 Å². The number of nitrogens with zero attached hydrogens (tertiary/aromatic N) is 1. The lowest BCUT2D eigenvalue weighted by Gasteiger charge is -2.30. The Labute approximate surface area is 211 Å². The van der Waals surface area contributed by atoms with Gasteiger partial charge in [-0.15, -0.1) is 0 Å². The average Bonchev–Trinajstić information content (AvgIpc) is 2.86. The molecule has 4 aromatic rings. The topological polar surface area (TPSA) is 21.6 Å². The third-order valence-electron chi connectivity index (χ3n) is 6.24. The first-order valence-corrected chi connectivity index (χ1v) is 13.1. The molecule has 0 fully saturated rings. The van der Waals surface area contributed by atoms with Crippen LogP contribution >= 0.6 is 8.58 Å². The summed E-state index contributed by atoms with van der Waals surface area (Å²) < 4.78 is 6.64. The van der Waals surface area contributed by atoms with Gasteiger partial charge in [0.25, 0.3) is 0 Å². The normalized spacial score (nSPS) is 12.0. The molecule has 0 bridgehead atoms. The number of para-hydroxylation sites is 1. The lowest BCUT2D eigenvalue weighted by Crippen LogP contribution is -2.20. The van der Waals surface area contributed by atoms with E-state index in [4.69, 9.17) is 4.74 Å². The Morgan fingerprint density at radius 1 is 0.800 bits per heavy atom. The highest BCUT2D eigenvalue weighted by Gasteiger charge is 2.28. The second kappa shape index (κ2) is 11.5. The molecule has 0 N–H and O–H groups in total. The molecule has 0 aliphatic rings. The molecule has 178 valence electrons. The quantitative estimate of drug-likeness (QED) is 0.180. The maximum absolute atomic E-state index is 6.64.